The lowest BCUT2D eigenvalue weighted by Gasteiger charge is -2.15. The summed E-state index contributed by atoms with van der Waals surface area (Å²) >= 11 is 1.12. The van der Waals surface area contributed by atoms with E-state index in [0.717, 1.165) is 30.3 Å². The van der Waals surface area contributed by atoms with E-state index in [1.165, 1.54) is 7.11 Å². The molecule has 1 rings (SSSR count). The number of hydrogen-bond donors (Lipinski definition) is 1. The van der Waals surface area contributed by atoms with Crippen LogP contribution in [0, 0.1) is 0 Å². The molecule has 0 aliphatic carbocycles. The molecule has 0 aliphatic rings. The summed E-state index contributed by atoms with van der Waals surface area (Å²) < 4.78 is 47.2. The molecule has 0 radical (unpaired) electrons. The van der Waals surface area contributed by atoms with Crippen LogP contribution in [0.4, 0.5) is 13.2 Å². The van der Waals surface area contributed by atoms with E-state index in [0.29, 0.717) is 16.4 Å². The normalized spacial score (nSPS) is 11.5. The second-order valence-corrected chi connectivity index (χ2v) is 5.52. The fourth-order valence-corrected chi connectivity index (χ4v) is 2.81. The Bertz CT molecular complexity index is 453. The average Bonchev–Trinajstić information content (AvgIpc) is 2.43. The van der Waals surface area contributed by atoms with Crippen molar-refractivity contribution >= 4 is 11.8 Å². The van der Waals surface area contributed by atoms with Crippen LogP contribution in [0.5, 0.6) is 11.5 Å². The molecule has 1 N–H and O–H groups in total. The molecule has 0 heterocycles. The summed E-state index contributed by atoms with van der Waals surface area (Å²) in [5.41, 5.74) is 0.962. The second-order valence-electron chi connectivity index (χ2n) is 4.38. The predicted octanol–water partition coefficient (Wildman–Crippen LogP) is 3.51. The Kier molecular flexibility index (Phi) is 7.17. The topological polar surface area (TPSA) is 30.5 Å². The van der Waals surface area contributed by atoms with E-state index in [1.807, 2.05) is 13.1 Å². The average molecular weight is 323 g/mol. The second kappa shape index (κ2) is 8.38. The fourth-order valence-electron chi connectivity index (χ4n) is 1.78. The van der Waals surface area contributed by atoms with Crippen molar-refractivity contribution in [3.05, 3.63) is 17.7 Å². The summed E-state index contributed by atoms with van der Waals surface area (Å²) in [6.45, 7) is 0.778. The zero-order valence-electron chi connectivity index (χ0n) is 12.3. The van der Waals surface area contributed by atoms with Gasteiger partial charge in [-0.1, -0.05) is 0 Å². The smallest absolute Gasteiger partial charge is 0.389 e. The van der Waals surface area contributed by atoms with Crippen LogP contribution in [0.2, 0.25) is 0 Å². The first-order chi connectivity index (χ1) is 9.91. The number of ether oxygens (including phenoxy) is 2. The molecule has 1 aromatic rings. The van der Waals surface area contributed by atoms with E-state index < -0.39 is 12.6 Å². The minimum atomic E-state index is -4.14. The summed E-state index contributed by atoms with van der Waals surface area (Å²) in [6, 6.07) is 3.57. The van der Waals surface area contributed by atoms with Crippen LogP contribution in [-0.2, 0) is 6.42 Å². The summed E-state index contributed by atoms with van der Waals surface area (Å²) in [4.78, 5) is 0.659. The number of rotatable bonds is 8. The van der Waals surface area contributed by atoms with Gasteiger partial charge in [0, 0.05) is 5.75 Å². The first-order valence-corrected chi connectivity index (χ1v) is 7.49. The van der Waals surface area contributed by atoms with Gasteiger partial charge in [0.2, 0.25) is 0 Å². The lowest BCUT2D eigenvalue weighted by Crippen LogP contribution is -2.11. The molecule has 21 heavy (non-hydrogen) atoms. The van der Waals surface area contributed by atoms with Crippen molar-refractivity contribution in [1.82, 2.24) is 5.32 Å². The van der Waals surface area contributed by atoms with E-state index in [4.69, 9.17) is 9.47 Å². The first-order valence-electron chi connectivity index (χ1n) is 6.50. The predicted molar refractivity (Wildman–Crippen MR) is 78.6 cm³/mol. The number of halogens is 3. The number of likely N-dealkylation sites (N-methyl/N-ethyl adjacent to an activating group) is 1. The quantitative estimate of drug-likeness (QED) is 0.742. The molecule has 0 aliphatic heterocycles. The van der Waals surface area contributed by atoms with Crippen LogP contribution >= 0.6 is 11.8 Å². The molecule has 0 aromatic heterocycles. The van der Waals surface area contributed by atoms with Crippen molar-refractivity contribution in [2.75, 3.05) is 33.6 Å². The standard InChI is InChI=1S/C14H20F3NO2S/c1-18-6-4-10-8-12(20-3)13(9-11(10)19-2)21-7-5-14(15,16)17/h8-9,18H,4-7H2,1-3H3. The largest absolute Gasteiger partial charge is 0.496 e. The van der Waals surface area contributed by atoms with Crippen molar-refractivity contribution in [3.63, 3.8) is 0 Å². The van der Waals surface area contributed by atoms with Crippen molar-refractivity contribution in [3.8, 4) is 11.5 Å². The number of methoxy groups -OCH3 is 2. The van der Waals surface area contributed by atoms with Crippen LogP contribution in [-0.4, -0.2) is 39.7 Å². The van der Waals surface area contributed by atoms with Crippen LogP contribution in [0.3, 0.4) is 0 Å². The third-order valence-corrected chi connectivity index (χ3v) is 3.89. The van der Waals surface area contributed by atoms with Crippen molar-refractivity contribution in [1.29, 1.82) is 0 Å². The lowest BCUT2D eigenvalue weighted by molar-refractivity contribution is -0.129. The van der Waals surface area contributed by atoms with Gasteiger partial charge in [-0.15, -0.1) is 11.8 Å². The number of nitrogens with one attached hydrogen (secondary N) is 1. The molecular formula is C14H20F3NO2S. The number of thioether (sulfide) groups is 1. The van der Waals surface area contributed by atoms with Gasteiger partial charge in [-0.05, 0) is 37.7 Å². The molecular weight excluding hydrogens is 303 g/mol. The van der Waals surface area contributed by atoms with E-state index in [9.17, 15) is 13.2 Å². The van der Waals surface area contributed by atoms with E-state index in [2.05, 4.69) is 5.32 Å². The molecule has 0 bridgehead atoms. The van der Waals surface area contributed by atoms with Gasteiger partial charge in [0.1, 0.15) is 11.5 Å². The lowest BCUT2D eigenvalue weighted by atomic mass is 10.1. The van der Waals surface area contributed by atoms with Gasteiger partial charge in [0.25, 0.3) is 0 Å². The Balaban J connectivity index is 2.87. The van der Waals surface area contributed by atoms with Crippen molar-refractivity contribution in [2.24, 2.45) is 0 Å². The van der Waals surface area contributed by atoms with Gasteiger partial charge in [-0.3, -0.25) is 0 Å². The molecule has 0 amide bonds. The highest BCUT2D eigenvalue weighted by atomic mass is 32.2. The Hall–Kier alpha value is -1.08. The minimum absolute atomic E-state index is 0.0428. The van der Waals surface area contributed by atoms with Crippen LogP contribution in [0.15, 0.2) is 17.0 Å². The summed E-state index contributed by atoms with van der Waals surface area (Å²) in [5, 5.41) is 3.04. The van der Waals surface area contributed by atoms with Crippen LogP contribution in [0.1, 0.15) is 12.0 Å². The maximum Gasteiger partial charge on any atom is 0.389 e. The Morgan fingerprint density at radius 2 is 1.81 bits per heavy atom. The van der Waals surface area contributed by atoms with Gasteiger partial charge >= 0.3 is 6.18 Å². The molecule has 1 aromatic carbocycles. The van der Waals surface area contributed by atoms with E-state index in [1.54, 1.807) is 13.2 Å². The highest BCUT2D eigenvalue weighted by molar-refractivity contribution is 7.99. The third-order valence-electron chi connectivity index (χ3n) is 2.85. The molecule has 120 valence electrons. The van der Waals surface area contributed by atoms with Gasteiger partial charge in [0.15, 0.2) is 0 Å². The highest BCUT2D eigenvalue weighted by Crippen LogP contribution is 2.37. The van der Waals surface area contributed by atoms with Gasteiger partial charge < -0.3 is 14.8 Å². The first kappa shape index (κ1) is 18.0. The summed E-state index contributed by atoms with van der Waals surface area (Å²) in [5.74, 6) is 1.20. The van der Waals surface area contributed by atoms with E-state index in [-0.39, 0.29) is 5.75 Å². The molecule has 3 nitrogen and oxygen atoms in total. The Morgan fingerprint density at radius 3 is 2.33 bits per heavy atom. The molecule has 0 saturated carbocycles. The fraction of sp³-hybridized carbons (Fsp3) is 0.571. The van der Waals surface area contributed by atoms with Gasteiger partial charge in [-0.2, -0.15) is 13.2 Å². The van der Waals surface area contributed by atoms with Gasteiger partial charge in [-0.25, -0.2) is 0 Å². The van der Waals surface area contributed by atoms with E-state index >= 15 is 0 Å². The molecule has 0 fully saturated rings. The zero-order chi connectivity index (χ0) is 15.9. The number of hydrogen-bond acceptors (Lipinski definition) is 4. The monoisotopic (exact) mass is 323 g/mol. The molecule has 0 unspecified atom stereocenters. The highest BCUT2D eigenvalue weighted by Gasteiger charge is 2.26. The number of benzene rings is 1. The zero-order valence-corrected chi connectivity index (χ0v) is 13.2. The summed E-state index contributed by atoms with van der Waals surface area (Å²) in [6.07, 6.45) is -4.22. The SMILES string of the molecule is CNCCc1cc(OC)c(SCCC(F)(F)F)cc1OC. The maximum absolute atomic E-state index is 12.2. The molecule has 0 saturated heterocycles. The summed E-state index contributed by atoms with van der Waals surface area (Å²) in [7, 11) is 4.91. The minimum Gasteiger partial charge on any atom is -0.496 e. The number of alkyl halides is 3. The third kappa shape index (κ3) is 6.05. The maximum atomic E-state index is 12.2. The van der Waals surface area contributed by atoms with Crippen molar-refractivity contribution in [2.45, 2.75) is 23.9 Å². The van der Waals surface area contributed by atoms with Crippen LogP contribution < -0.4 is 14.8 Å². The molecule has 0 spiro atoms. The van der Waals surface area contributed by atoms with Gasteiger partial charge in [0.05, 0.1) is 25.5 Å². The van der Waals surface area contributed by atoms with Crippen molar-refractivity contribution < 1.29 is 22.6 Å². The Labute approximate surface area is 127 Å². The molecule has 7 heteroatoms. The molecule has 0 atom stereocenters. The van der Waals surface area contributed by atoms with Crippen LogP contribution in [0.25, 0.3) is 0 Å². The Morgan fingerprint density at radius 1 is 1.14 bits per heavy atom.